The van der Waals surface area contributed by atoms with Gasteiger partial charge in [0.1, 0.15) is 5.58 Å². The van der Waals surface area contributed by atoms with Crippen molar-refractivity contribution in [3.05, 3.63) is 100 Å². The third kappa shape index (κ3) is 3.42. The third-order valence-corrected chi connectivity index (χ3v) is 4.79. The van der Waals surface area contributed by atoms with E-state index in [9.17, 15) is 9.59 Å². The molecular formula is C23H16ClNO3. The van der Waals surface area contributed by atoms with Gasteiger partial charge in [0, 0.05) is 32.8 Å². The zero-order chi connectivity index (χ0) is 19.7. The first-order chi connectivity index (χ1) is 13.5. The monoisotopic (exact) mass is 389 g/mol. The summed E-state index contributed by atoms with van der Waals surface area (Å²) < 4.78 is 5.80. The molecule has 0 bridgehead atoms. The van der Waals surface area contributed by atoms with Crippen molar-refractivity contribution in [1.29, 1.82) is 0 Å². The largest absolute Gasteiger partial charge is 0.452 e. The fourth-order valence-corrected chi connectivity index (χ4v) is 3.17. The molecule has 0 aliphatic heterocycles. The molecule has 4 nitrogen and oxygen atoms in total. The molecule has 0 aliphatic carbocycles. The molecule has 28 heavy (non-hydrogen) atoms. The predicted molar refractivity (Wildman–Crippen MR) is 110 cm³/mol. The maximum atomic E-state index is 12.7. The Hall–Kier alpha value is -3.37. The smallest absolute Gasteiger partial charge is 0.255 e. The van der Waals surface area contributed by atoms with Gasteiger partial charge in [0.25, 0.3) is 5.91 Å². The maximum Gasteiger partial charge on any atom is 0.255 e. The van der Waals surface area contributed by atoms with Gasteiger partial charge in [-0.1, -0.05) is 41.9 Å². The standard InChI is InChI=1S/C23H16ClNO3/c1-14-19-13-18(25-23(27)16-7-9-17(24)10-8-16)11-12-20(19)28-22(14)21(26)15-5-3-2-4-6-15/h2-13H,1H3,(H,25,27). The number of ketones is 1. The molecule has 1 aromatic heterocycles. The number of hydrogen-bond donors (Lipinski definition) is 1. The van der Waals surface area contributed by atoms with Crippen LogP contribution >= 0.6 is 11.6 Å². The summed E-state index contributed by atoms with van der Waals surface area (Å²) in [7, 11) is 0. The van der Waals surface area contributed by atoms with Crippen molar-refractivity contribution in [2.24, 2.45) is 0 Å². The molecular weight excluding hydrogens is 374 g/mol. The van der Waals surface area contributed by atoms with Crippen LogP contribution in [0.1, 0.15) is 32.0 Å². The molecule has 1 N–H and O–H groups in total. The van der Waals surface area contributed by atoms with Gasteiger partial charge in [-0.2, -0.15) is 0 Å². The molecule has 0 fully saturated rings. The van der Waals surface area contributed by atoms with Gasteiger partial charge < -0.3 is 9.73 Å². The number of carbonyl (C=O) groups is 2. The van der Waals surface area contributed by atoms with Crippen LogP contribution in [0, 0.1) is 6.92 Å². The quantitative estimate of drug-likeness (QED) is 0.443. The van der Waals surface area contributed by atoms with Crippen LogP contribution in [0.5, 0.6) is 0 Å². The molecule has 1 heterocycles. The van der Waals surface area contributed by atoms with Crippen molar-refractivity contribution >= 4 is 39.9 Å². The van der Waals surface area contributed by atoms with Gasteiger partial charge in [-0.15, -0.1) is 0 Å². The van der Waals surface area contributed by atoms with Crippen LogP contribution in [0.25, 0.3) is 11.0 Å². The summed E-state index contributed by atoms with van der Waals surface area (Å²) >= 11 is 5.86. The van der Waals surface area contributed by atoms with E-state index in [0.29, 0.717) is 33.2 Å². The summed E-state index contributed by atoms with van der Waals surface area (Å²) in [5.74, 6) is -0.0961. The van der Waals surface area contributed by atoms with Gasteiger partial charge in [0.05, 0.1) is 0 Å². The number of hydrogen-bond acceptors (Lipinski definition) is 3. The van der Waals surface area contributed by atoms with Crippen LogP contribution < -0.4 is 5.32 Å². The lowest BCUT2D eigenvalue weighted by Crippen LogP contribution is -2.11. The van der Waals surface area contributed by atoms with E-state index in [0.717, 1.165) is 10.9 Å². The van der Waals surface area contributed by atoms with Crippen molar-refractivity contribution < 1.29 is 14.0 Å². The summed E-state index contributed by atoms with van der Waals surface area (Å²) in [5.41, 5.74) is 3.04. The second kappa shape index (κ2) is 7.33. The fourth-order valence-electron chi connectivity index (χ4n) is 3.04. The van der Waals surface area contributed by atoms with Gasteiger partial charge in [-0.25, -0.2) is 0 Å². The second-order valence-corrected chi connectivity index (χ2v) is 6.86. The van der Waals surface area contributed by atoms with E-state index in [4.69, 9.17) is 16.0 Å². The molecule has 1 amide bonds. The molecule has 0 spiro atoms. The Kier molecular flexibility index (Phi) is 4.72. The zero-order valence-corrected chi connectivity index (χ0v) is 15.8. The van der Waals surface area contributed by atoms with Gasteiger partial charge in [-0.3, -0.25) is 9.59 Å². The minimum Gasteiger partial charge on any atom is -0.452 e. The summed E-state index contributed by atoms with van der Waals surface area (Å²) in [6.07, 6.45) is 0. The molecule has 0 saturated heterocycles. The molecule has 0 unspecified atom stereocenters. The Morgan fingerprint density at radius 2 is 1.61 bits per heavy atom. The highest BCUT2D eigenvalue weighted by Gasteiger charge is 2.19. The number of benzene rings is 3. The van der Waals surface area contributed by atoms with E-state index >= 15 is 0 Å². The Morgan fingerprint density at radius 3 is 2.32 bits per heavy atom. The van der Waals surface area contributed by atoms with E-state index in [2.05, 4.69) is 5.32 Å². The lowest BCUT2D eigenvalue weighted by molar-refractivity contribution is 0.101. The number of nitrogens with one attached hydrogen (secondary N) is 1. The van der Waals surface area contributed by atoms with Crippen molar-refractivity contribution in [2.45, 2.75) is 6.92 Å². The number of furan rings is 1. The minimum absolute atomic E-state index is 0.166. The Labute approximate surface area is 166 Å². The number of fused-ring (bicyclic) bond motifs is 1. The van der Waals surface area contributed by atoms with Crippen LogP contribution in [0.15, 0.2) is 77.2 Å². The summed E-state index contributed by atoms with van der Waals surface area (Å²) in [6.45, 7) is 1.84. The Balaban J connectivity index is 1.64. The van der Waals surface area contributed by atoms with Crippen LogP contribution in [-0.2, 0) is 0 Å². The van der Waals surface area contributed by atoms with E-state index in [1.807, 2.05) is 31.2 Å². The number of amides is 1. The van der Waals surface area contributed by atoms with Crippen LogP contribution in [-0.4, -0.2) is 11.7 Å². The van der Waals surface area contributed by atoms with Crippen LogP contribution in [0.3, 0.4) is 0 Å². The maximum absolute atomic E-state index is 12.7. The predicted octanol–water partition coefficient (Wildman–Crippen LogP) is 5.88. The highest BCUT2D eigenvalue weighted by molar-refractivity contribution is 6.30. The number of halogens is 1. The normalized spacial score (nSPS) is 10.8. The summed E-state index contributed by atoms with van der Waals surface area (Å²) in [4.78, 5) is 25.2. The molecule has 4 rings (SSSR count). The van der Waals surface area contributed by atoms with Crippen molar-refractivity contribution in [3.8, 4) is 0 Å². The van der Waals surface area contributed by atoms with Gasteiger partial charge >= 0.3 is 0 Å². The second-order valence-electron chi connectivity index (χ2n) is 6.42. The third-order valence-electron chi connectivity index (χ3n) is 4.54. The first kappa shape index (κ1) is 18.0. The average Bonchev–Trinajstić information content (AvgIpc) is 3.05. The van der Waals surface area contributed by atoms with E-state index < -0.39 is 0 Å². The van der Waals surface area contributed by atoms with Crippen LogP contribution in [0.2, 0.25) is 5.02 Å². The van der Waals surface area contributed by atoms with E-state index in [1.54, 1.807) is 48.5 Å². The molecule has 3 aromatic carbocycles. The zero-order valence-electron chi connectivity index (χ0n) is 15.0. The van der Waals surface area contributed by atoms with Crippen molar-refractivity contribution in [1.82, 2.24) is 0 Å². The molecule has 5 heteroatoms. The SMILES string of the molecule is Cc1c(C(=O)c2ccccc2)oc2ccc(NC(=O)c3ccc(Cl)cc3)cc12. The number of rotatable bonds is 4. The first-order valence-electron chi connectivity index (χ1n) is 8.73. The molecule has 0 saturated carbocycles. The Bertz CT molecular complexity index is 1180. The molecule has 0 atom stereocenters. The van der Waals surface area contributed by atoms with Gasteiger partial charge in [0.2, 0.25) is 5.78 Å². The lowest BCUT2D eigenvalue weighted by atomic mass is 10.0. The summed E-state index contributed by atoms with van der Waals surface area (Å²) in [6, 6.07) is 21.0. The first-order valence-corrected chi connectivity index (χ1v) is 9.10. The molecule has 0 radical (unpaired) electrons. The molecule has 4 aromatic rings. The highest BCUT2D eigenvalue weighted by Crippen LogP contribution is 2.29. The fraction of sp³-hybridized carbons (Fsp3) is 0.0435. The number of carbonyl (C=O) groups excluding carboxylic acids is 2. The Morgan fingerprint density at radius 1 is 0.893 bits per heavy atom. The van der Waals surface area contributed by atoms with E-state index in [1.165, 1.54) is 0 Å². The average molecular weight is 390 g/mol. The van der Waals surface area contributed by atoms with Crippen molar-refractivity contribution in [2.75, 3.05) is 5.32 Å². The van der Waals surface area contributed by atoms with Crippen molar-refractivity contribution in [3.63, 3.8) is 0 Å². The molecule has 0 aliphatic rings. The minimum atomic E-state index is -0.238. The van der Waals surface area contributed by atoms with Gasteiger partial charge in [0.15, 0.2) is 5.76 Å². The topological polar surface area (TPSA) is 59.3 Å². The van der Waals surface area contributed by atoms with Crippen LogP contribution in [0.4, 0.5) is 5.69 Å². The molecule has 138 valence electrons. The number of aryl methyl sites for hydroxylation is 1. The highest BCUT2D eigenvalue weighted by atomic mass is 35.5. The van der Waals surface area contributed by atoms with Gasteiger partial charge in [-0.05, 0) is 49.4 Å². The summed E-state index contributed by atoms with van der Waals surface area (Å²) in [5, 5.41) is 4.22. The van der Waals surface area contributed by atoms with E-state index in [-0.39, 0.29) is 11.7 Å². The lowest BCUT2D eigenvalue weighted by Gasteiger charge is -2.05. The number of anilines is 1.